The zero-order chi connectivity index (χ0) is 8.24. The van der Waals surface area contributed by atoms with E-state index < -0.39 is 0 Å². The number of aliphatic hydroxyl groups is 1. The van der Waals surface area contributed by atoms with E-state index >= 15 is 0 Å². The van der Waals surface area contributed by atoms with Gasteiger partial charge in [-0.3, -0.25) is 0 Å². The van der Waals surface area contributed by atoms with Gasteiger partial charge < -0.3 is 10.4 Å². The van der Waals surface area contributed by atoms with Crippen molar-refractivity contribution in [2.24, 2.45) is 0 Å². The molecule has 0 saturated carbocycles. The lowest BCUT2D eigenvalue weighted by Crippen LogP contribution is -2.13. The maximum Gasteiger partial charge on any atom is 0.0402 e. The van der Waals surface area contributed by atoms with Crippen LogP contribution in [0.4, 0.5) is 0 Å². The molecule has 0 aliphatic heterocycles. The smallest absolute Gasteiger partial charge is 0.0402 e. The highest BCUT2D eigenvalue weighted by Crippen LogP contribution is 1.82. The van der Waals surface area contributed by atoms with E-state index in [0.717, 1.165) is 18.4 Å². The Bertz CT molecular complexity index is 40.6. The first-order chi connectivity index (χ1) is 4.83. The third-order valence-corrected chi connectivity index (χ3v) is 1.30. The fourth-order valence-corrected chi connectivity index (χ4v) is 0.649. The topological polar surface area (TPSA) is 32.3 Å². The molecule has 3 heteroatoms. The molecule has 0 atom stereocenters. The highest BCUT2D eigenvalue weighted by Gasteiger charge is 1.78. The van der Waals surface area contributed by atoms with Crippen LogP contribution in [-0.4, -0.2) is 30.1 Å². The predicted molar refractivity (Wildman–Crippen MR) is 49.7 cm³/mol. The lowest BCUT2D eigenvalue weighted by atomic mass is 10.5. The molecule has 2 nitrogen and oxygen atoms in total. The van der Waals surface area contributed by atoms with Crippen LogP contribution in [-0.2, 0) is 0 Å². The van der Waals surface area contributed by atoms with Gasteiger partial charge in [-0.15, -0.1) is 0 Å². The molecule has 64 valence electrons. The SMILES string of the molecule is CCNCCCBr.CCO. The number of alkyl halides is 1. The minimum absolute atomic E-state index is 0.250. The van der Waals surface area contributed by atoms with Crippen LogP contribution in [0.5, 0.6) is 0 Å². The first-order valence-electron chi connectivity index (χ1n) is 3.70. The van der Waals surface area contributed by atoms with Gasteiger partial charge in [0.2, 0.25) is 0 Å². The van der Waals surface area contributed by atoms with Crippen molar-refractivity contribution in [1.82, 2.24) is 5.32 Å². The van der Waals surface area contributed by atoms with Crippen molar-refractivity contribution in [3.63, 3.8) is 0 Å². The van der Waals surface area contributed by atoms with Crippen molar-refractivity contribution in [3.8, 4) is 0 Å². The van der Waals surface area contributed by atoms with Crippen LogP contribution in [0, 0.1) is 0 Å². The van der Waals surface area contributed by atoms with Crippen molar-refractivity contribution in [2.75, 3.05) is 25.0 Å². The van der Waals surface area contributed by atoms with Gasteiger partial charge in [-0.25, -0.2) is 0 Å². The van der Waals surface area contributed by atoms with Crippen LogP contribution in [0.1, 0.15) is 20.3 Å². The molecule has 0 bridgehead atoms. The highest BCUT2D eigenvalue weighted by molar-refractivity contribution is 9.09. The zero-order valence-corrected chi connectivity index (χ0v) is 8.45. The van der Waals surface area contributed by atoms with E-state index in [2.05, 4.69) is 28.2 Å². The summed E-state index contributed by atoms with van der Waals surface area (Å²) in [5, 5.41) is 11.9. The molecule has 2 N–H and O–H groups in total. The van der Waals surface area contributed by atoms with Crippen molar-refractivity contribution >= 4 is 15.9 Å². The van der Waals surface area contributed by atoms with Gasteiger partial charge in [0, 0.05) is 11.9 Å². The number of nitrogens with one attached hydrogen (secondary N) is 1. The summed E-state index contributed by atoms with van der Waals surface area (Å²) in [4.78, 5) is 0. The molecule has 0 rings (SSSR count). The van der Waals surface area contributed by atoms with Crippen LogP contribution in [0.25, 0.3) is 0 Å². The molecule has 0 unspecified atom stereocenters. The van der Waals surface area contributed by atoms with Crippen LogP contribution < -0.4 is 5.32 Å². The maximum absolute atomic E-state index is 7.57. The van der Waals surface area contributed by atoms with Crippen LogP contribution in [0.3, 0.4) is 0 Å². The molecular weight excluding hydrogens is 194 g/mol. The quantitative estimate of drug-likeness (QED) is 0.545. The van der Waals surface area contributed by atoms with E-state index in [0.29, 0.717) is 0 Å². The van der Waals surface area contributed by atoms with Crippen molar-refractivity contribution < 1.29 is 5.11 Å². The second-order valence-corrected chi connectivity index (χ2v) is 2.51. The second-order valence-electron chi connectivity index (χ2n) is 1.71. The van der Waals surface area contributed by atoms with Crippen LogP contribution in [0.15, 0.2) is 0 Å². The monoisotopic (exact) mass is 211 g/mol. The summed E-state index contributed by atoms with van der Waals surface area (Å²) < 4.78 is 0. The molecule has 0 aromatic rings. The Morgan fingerprint density at radius 2 is 1.90 bits per heavy atom. The molecular formula is C7H18BrNO. The molecule has 0 aromatic heterocycles. The average molecular weight is 212 g/mol. The van der Waals surface area contributed by atoms with Gasteiger partial charge in [0.15, 0.2) is 0 Å². The number of hydrogen-bond donors (Lipinski definition) is 2. The minimum Gasteiger partial charge on any atom is -0.397 e. The van der Waals surface area contributed by atoms with Crippen molar-refractivity contribution in [2.45, 2.75) is 20.3 Å². The lowest BCUT2D eigenvalue weighted by molar-refractivity contribution is 0.318. The van der Waals surface area contributed by atoms with Crippen LogP contribution >= 0.6 is 15.9 Å². The molecule has 0 aliphatic carbocycles. The summed E-state index contributed by atoms with van der Waals surface area (Å²) in [5.74, 6) is 0. The second kappa shape index (κ2) is 16.2. The summed E-state index contributed by atoms with van der Waals surface area (Å²) in [6, 6.07) is 0. The molecule has 10 heavy (non-hydrogen) atoms. The molecule has 0 aliphatic rings. The molecule has 0 fully saturated rings. The maximum atomic E-state index is 7.57. The van der Waals surface area contributed by atoms with Gasteiger partial charge in [-0.1, -0.05) is 22.9 Å². The first kappa shape index (κ1) is 13.0. The lowest BCUT2D eigenvalue weighted by Gasteiger charge is -1.94. The largest absolute Gasteiger partial charge is 0.397 e. The Morgan fingerprint density at radius 3 is 2.20 bits per heavy atom. The molecule has 0 radical (unpaired) electrons. The zero-order valence-electron chi connectivity index (χ0n) is 6.86. The summed E-state index contributed by atoms with van der Waals surface area (Å²) in [6.45, 7) is 6.28. The van der Waals surface area contributed by atoms with Crippen molar-refractivity contribution in [3.05, 3.63) is 0 Å². The van der Waals surface area contributed by atoms with E-state index in [1.165, 1.54) is 6.42 Å². The van der Waals surface area contributed by atoms with Gasteiger partial charge >= 0.3 is 0 Å². The summed E-state index contributed by atoms with van der Waals surface area (Å²) in [6.07, 6.45) is 1.23. The van der Waals surface area contributed by atoms with E-state index in [9.17, 15) is 0 Å². The molecule has 0 spiro atoms. The van der Waals surface area contributed by atoms with Gasteiger partial charge in [-0.2, -0.15) is 0 Å². The molecule has 0 aromatic carbocycles. The number of rotatable bonds is 4. The fraction of sp³-hybridized carbons (Fsp3) is 1.00. The van der Waals surface area contributed by atoms with Crippen molar-refractivity contribution in [1.29, 1.82) is 0 Å². The fourth-order valence-electron chi connectivity index (χ4n) is 0.369. The van der Waals surface area contributed by atoms with Gasteiger partial charge in [0.25, 0.3) is 0 Å². The number of halogens is 1. The molecule has 0 heterocycles. The van der Waals surface area contributed by atoms with E-state index in [-0.39, 0.29) is 6.61 Å². The minimum atomic E-state index is 0.250. The summed E-state index contributed by atoms with van der Waals surface area (Å²) in [5.41, 5.74) is 0. The average Bonchev–Trinajstić information content (AvgIpc) is 1.91. The van der Waals surface area contributed by atoms with E-state index in [1.54, 1.807) is 6.92 Å². The van der Waals surface area contributed by atoms with Gasteiger partial charge in [0.05, 0.1) is 0 Å². The Morgan fingerprint density at radius 1 is 1.40 bits per heavy atom. The first-order valence-corrected chi connectivity index (χ1v) is 4.83. The standard InChI is InChI=1S/C5H12BrN.C2H6O/c1-2-7-5-3-4-6;1-2-3/h7H,2-5H2,1H3;3H,2H2,1H3. The normalized spacial score (nSPS) is 8.40. The highest BCUT2D eigenvalue weighted by atomic mass is 79.9. The van der Waals surface area contributed by atoms with Gasteiger partial charge in [-0.05, 0) is 26.4 Å². The molecule has 0 saturated heterocycles. The Hall–Kier alpha value is 0.400. The summed E-state index contributed by atoms with van der Waals surface area (Å²) in [7, 11) is 0. The van der Waals surface area contributed by atoms with E-state index in [1.807, 2.05) is 0 Å². The number of hydrogen-bond acceptors (Lipinski definition) is 2. The number of aliphatic hydroxyl groups excluding tert-OH is 1. The third kappa shape index (κ3) is 23.8. The van der Waals surface area contributed by atoms with E-state index in [4.69, 9.17) is 5.11 Å². The Balaban J connectivity index is 0. The van der Waals surface area contributed by atoms with Crippen LogP contribution in [0.2, 0.25) is 0 Å². The third-order valence-electron chi connectivity index (χ3n) is 0.737. The Kier molecular flexibility index (Phi) is 21.1. The molecule has 0 amide bonds. The summed E-state index contributed by atoms with van der Waals surface area (Å²) >= 11 is 3.34. The predicted octanol–water partition coefficient (Wildman–Crippen LogP) is 1.38. The Labute approximate surface area is 72.1 Å². The van der Waals surface area contributed by atoms with Gasteiger partial charge in [0.1, 0.15) is 0 Å².